The van der Waals surface area contributed by atoms with Crippen LogP contribution in [0.5, 0.6) is 0 Å². The molecule has 0 fully saturated rings. The Morgan fingerprint density at radius 1 is 1.55 bits per heavy atom. The molecule has 0 aliphatic carbocycles. The van der Waals surface area contributed by atoms with E-state index in [1.165, 1.54) is 0 Å². The average Bonchev–Trinajstić information content (AvgIpc) is 1.97. The maximum absolute atomic E-state index is 10.9. The third-order valence-electron chi connectivity index (χ3n) is 1.19. The van der Waals surface area contributed by atoms with Crippen molar-refractivity contribution in [3.05, 3.63) is 0 Å². The summed E-state index contributed by atoms with van der Waals surface area (Å²) in [5.74, 6) is 0.109. The van der Waals surface area contributed by atoms with Gasteiger partial charge in [0, 0.05) is 27.1 Å². The Morgan fingerprint density at radius 3 is 2.64 bits per heavy atom. The molecule has 0 radical (unpaired) electrons. The van der Waals surface area contributed by atoms with E-state index < -0.39 is 0 Å². The Bertz CT molecular complexity index is 115. The highest BCUT2D eigenvalue weighted by molar-refractivity contribution is 5.75. The van der Waals surface area contributed by atoms with Crippen LogP contribution in [0.3, 0.4) is 0 Å². The van der Waals surface area contributed by atoms with Gasteiger partial charge in [0.2, 0.25) is 5.91 Å². The second-order valence-corrected chi connectivity index (χ2v) is 2.37. The van der Waals surface area contributed by atoms with Crippen LogP contribution in [0, 0.1) is 0 Å². The van der Waals surface area contributed by atoms with Gasteiger partial charge < -0.3 is 9.74 Å². The summed E-state index contributed by atoms with van der Waals surface area (Å²) in [4.78, 5) is 17.3. The van der Waals surface area contributed by atoms with Gasteiger partial charge in [-0.25, -0.2) is 5.48 Å². The molecule has 0 saturated carbocycles. The van der Waals surface area contributed by atoms with E-state index in [-0.39, 0.29) is 5.91 Å². The molecule has 1 amide bonds. The molecule has 0 aliphatic rings. The second kappa shape index (κ2) is 6.12. The lowest BCUT2D eigenvalue weighted by Crippen LogP contribution is -2.26. The predicted octanol–water partition coefficient (Wildman–Crippen LogP) is 0.00580. The Morgan fingerprint density at radius 2 is 2.18 bits per heavy atom. The first kappa shape index (κ1) is 10.4. The van der Waals surface area contributed by atoms with Crippen LogP contribution in [-0.4, -0.2) is 38.1 Å². The molecule has 0 heterocycles. The third-order valence-corrected chi connectivity index (χ3v) is 1.19. The Hall–Kier alpha value is -0.610. The van der Waals surface area contributed by atoms with Gasteiger partial charge in [0.15, 0.2) is 0 Å². The van der Waals surface area contributed by atoms with Crippen LogP contribution >= 0.6 is 0 Å². The molecule has 0 unspecified atom stereocenters. The molecule has 4 nitrogen and oxygen atoms in total. The summed E-state index contributed by atoms with van der Waals surface area (Å²) in [6.07, 6.45) is 0.479. The van der Waals surface area contributed by atoms with Crippen LogP contribution in [0.2, 0.25) is 0 Å². The molecule has 11 heavy (non-hydrogen) atoms. The number of carbonyl (C=O) groups is 1. The van der Waals surface area contributed by atoms with Crippen LogP contribution in [0.15, 0.2) is 0 Å². The molecule has 66 valence electrons. The first-order chi connectivity index (χ1) is 5.18. The Balaban J connectivity index is 3.18. The van der Waals surface area contributed by atoms with Crippen LogP contribution in [0.1, 0.15) is 13.3 Å². The molecule has 0 aliphatic heterocycles. The van der Waals surface area contributed by atoms with Gasteiger partial charge in [-0.15, -0.1) is 0 Å². The third kappa shape index (κ3) is 5.82. The molecule has 0 rings (SSSR count). The lowest BCUT2D eigenvalue weighted by molar-refractivity contribution is -0.129. The fraction of sp³-hybridized carbons (Fsp3) is 0.857. The van der Waals surface area contributed by atoms with E-state index in [1.807, 2.05) is 6.92 Å². The highest BCUT2D eigenvalue weighted by atomic mass is 16.6. The normalized spacial score (nSPS) is 9.73. The summed E-state index contributed by atoms with van der Waals surface area (Å²) in [7, 11) is 3.48. The zero-order valence-corrected chi connectivity index (χ0v) is 7.39. The minimum Gasteiger partial charge on any atom is -0.349 e. The van der Waals surface area contributed by atoms with E-state index in [0.29, 0.717) is 19.6 Å². The van der Waals surface area contributed by atoms with E-state index in [4.69, 9.17) is 4.84 Å². The molecule has 0 saturated heterocycles. The van der Waals surface area contributed by atoms with Crippen molar-refractivity contribution in [3.8, 4) is 0 Å². The van der Waals surface area contributed by atoms with E-state index in [9.17, 15) is 4.79 Å². The quantitative estimate of drug-likeness (QED) is 0.455. The maximum atomic E-state index is 10.9. The standard InChI is InChI=1S/C7H16N2O2/c1-4-11-8-6-5-7(10)9(2)3/h8H,4-6H2,1-3H3. The predicted molar refractivity (Wildman–Crippen MR) is 42.9 cm³/mol. The summed E-state index contributed by atoms with van der Waals surface area (Å²) in [6.45, 7) is 3.09. The molecule has 0 aromatic rings. The number of nitrogens with zero attached hydrogens (tertiary/aromatic N) is 1. The number of amides is 1. The first-order valence-electron chi connectivity index (χ1n) is 3.73. The first-order valence-corrected chi connectivity index (χ1v) is 3.73. The molecular formula is C7H16N2O2. The minimum absolute atomic E-state index is 0.109. The molecule has 4 heteroatoms. The number of nitrogens with one attached hydrogen (secondary N) is 1. The molecular weight excluding hydrogens is 144 g/mol. The van der Waals surface area contributed by atoms with Gasteiger partial charge in [0.05, 0.1) is 6.61 Å². The number of rotatable bonds is 5. The second-order valence-electron chi connectivity index (χ2n) is 2.37. The monoisotopic (exact) mass is 160 g/mol. The smallest absolute Gasteiger partial charge is 0.223 e. The molecule has 0 aromatic carbocycles. The SMILES string of the molecule is CCONCCC(=O)N(C)C. The summed E-state index contributed by atoms with van der Waals surface area (Å²) in [5.41, 5.74) is 2.67. The average molecular weight is 160 g/mol. The van der Waals surface area contributed by atoms with E-state index in [0.717, 1.165) is 0 Å². The zero-order chi connectivity index (χ0) is 8.69. The molecule has 0 aromatic heterocycles. The van der Waals surface area contributed by atoms with Crippen molar-refractivity contribution in [1.29, 1.82) is 0 Å². The lowest BCUT2D eigenvalue weighted by atomic mass is 10.4. The summed E-state index contributed by atoms with van der Waals surface area (Å²) < 4.78 is 0. The van der Waals surface area contributed by atoms with E-state index >= 15 is 0 Å². The van der Waals surface area contributed by atoms with Gasteiger partial charge in [-0.05, 0) is 6.92 Å². The maximum Gasteiger partial charge on any atom is 0.223 e. The lowest BCUT2D eigenvalue weighted by Gasteiger charge is -2.09. The fourth-order valence-corrected chi connectivity index (χ4v) is 0.556. The topological polar surface area (TPSA) is 41.6 Å². The molecule has 1 N–H and O–H groups in total. The minimum atomic E-state index is 0.109. The summed E-state index contributed by atoms with van der Waals surface area (Å²) >= 11 is 0. The van der Waals surface area contributed by atoms with Crippen molar-refractivity contribution >= 4 is 5.91 Å². The van der Waals surface area contributed by atoms with E-state index in [1.54, 1.807) is 19.0 Å². The van der Waals surface area contributed by atoms with Crippen LogP contribution in [0.4, 0.5) is 0 Å². The number of hydroxylamine groups is 1. The van der Waals surface area contributed by atoms with Crippen LogP contribution < -0.4 is 5.48 Å². The Kier molecular flexibility index (Phi) is 5.78. The zero-order valence-electron chi connectivity index (χ0n) is 7.39. The summed E-state index contributed by atoms with van der Waals surface area (Å²) in [5, 5.41) is 0. The van der Waals surface area contributed by atoms with Gasteiger partial charge in [-0.2, -0.15) is 0 Å². The van der Waals surface area contributed by atoms with Gasteiger partial charge in [0.25, 0.3) is 0 Å². The highest BCUT2D eigenvalue weighted by Gasteiger charge is 2.01. The number of hydrogen-bond acceptors (Lipinski definition) is 3. The van der Waals surface area contributed by atoms with Crippen molar-refractivity contribution in [2.75, 3.05) is 27.2 Å². The van der Waals surface area contributed by atoms with Crippen LogP contribution in [-0.2, 0) is 9.63 Å². The number of carbonyl (C=O) groups excluding carboxylic acids is 1. The fourth-order valence-electron chi connectivity index (χ4n) is 0.556. The molecule has 0 spiro atoms. The van der Waals surface area contributed by atoms with Gasteiger partial charge in [-0.1, -0.05) is 0 Å². The molecule has 0 atom stereocenters. The van der Waals surface area contributed by atoms with Crippen molar-refractivity contribution in [3.63, 3.8) is 0 Å². The van der Waals surface area contributed by atoms with Gasteiger partial charge >= 0.3 is 0 Å². The van der Waals surface area contributed by atoms with Gasteiger partial charge in [-0.3, -0.25) is 4.79 Å². The Labute approximate surface area is 67.5 Å². The van der Waals surface area contributed by atoms with Crippen molar-refractivity contribution in [1.82, 2.24) is 10.4 Å². The van der Waals surface area contributed by atoms with Crippen molar-refractivity contribution < 1.29 is 9.63 Å². The van der Waals surface area contributed by atoms with Crippen molar-refractivity contribution in [2.45, 2.75) is 13.3 Å². The summed E-state index contributed by atoms with van der Waals surface area (Å²) in [6, 6.07) is 0. The highest BCUT2D eigenvalue weighted by Crippen LogP contribution is 1.84. The van der Waals surface area contributed by atoms with Crippen molar-refractivity contribution in [2.24, 2.45) is 0 Å². The van der Waals surface area contributed by atoms with Gasteiger partial charge in [0.1, 0.15) is 0 Å². The molecule has 0 bridgehead atoms. The largest absolute Gasteiger partial charge is 0.349 e. The van der Waals surface area contributed by atoms with Crippen LogP contribution in [0.25, 0.3) is 0 Å². The number of hydrogen-bond donors (Lipinski definition) is 1. The van der Waals surface area contributed by atoms with E-state index in [2.05, 4.69) is 5.48 Å².